The van der Waals surface area contributed by atoms with E-state index in [0.717, 1.165) is 5.56 Å². The van der Waals surface area contributed by atoms with Crippen molar-refractivity contribution >= 4 is 10.0 Å². The first-order chi connectivity index (χ1) is 9.58. The van der Waals surface area contributed by atoms with E-state index in [9.17, 15) is 8.42 Å². The summed E-state index contributed by atoms with van der Waals surface area (Å²) in [7, 11) is 1.69. The van der Waals surface area contributed by atoms with Crippen LogP contribution in [0.3, 0.4) is 0 Å². The Balaban J connectivity index is 3.14. The lowest BCUT2D eigenvalue weighted by molar-refractivity contribution is 0.399. The summed E-state index contributed by atoms with van der Waals surface area (Å²) in [4.78, 5) is 2.11. The normalized spacial score (nSPS) is 12.7. The predicted molar refractivity (Wildman–Crippen MR) is 85.4 cm³/mol. The van der Waals surface area contributed by atoms with Crippen LogP contribution in [0, 0.1) is 0 Å². The van der Waals surface area contributed by atoms with Crippen molar-refractivity contribution in [3.63, 3.8) is 0 Å². The molecule has 21 heavy (non-hydrogen) atoms. The number of ether oxygens (including phenoxy) is 1. The van der Waals surface area contributed by atoms with Gasteiger partial charge in [-0.1, -0.05) is 26.8 Å². The number of nitrogens with zero attached hydrogens (tertiary/aromatic N) is 1. The SMILES string of the molecule is COc1ccc(C(C)(C)C)cc1S(=O)(=O)NCCN(C)C. The van der Waals surface area contributed by atoms with Gasteiger partial charge in [-0.15, -0.1) is 0 Å². The lowest BCUT2D eigenvalue weighted by atomic mass is 9.87. The first-order valence-electron chi connectivity index (χ1n) is 6.91. The molecule has 0 bridgehead atoms. The minimum Gasteiger partial charge on any atom is -0.495 e. The maximum absolute atomic E-state index is 12.5. The van der Waals surface area contributed by atoms with Crippen molar-refractivity contribution in [1.29, 1.82) is 0 Å². The fraction of sp³-hybridized carbons (Fsp3) is 0.600. The highest BCUT2D eigenvalue weighted by atomic mass is 32.2. The number of likely N-dealkylation sites (N-methyl/N-ethyl adjacent to an activating group) is 1. The maximum Gasteiger partial charge on any atom is 0.244 e. The summed E-state index contributed by atoms with van der Waals surface area (Å²) >= 11 is 0. The third kappa shape index (κ3) is 4.98. The van der Waals surface area contributed by atoms with E-state index in [1.165, 1.54) is 7.11 Å². The van der Waals surface area contributed by atoms with Crippen LogP contribution >= 0.6 is 0 Å². The van der Waals surface area contributed by atoms with E-state index in [-0.39, 0.29) is 10.3 Å². The van der Waals surface area contributed by atoms with Gasteiger partial charge in [0.1, 0.15) is 10.6 Å². The van der Waals surface area contributed by atoms with Gasteiger partial charge in [-0.3, -0.25) is 0 Å². The van der Waals surface area contributed by atoms with Gasteiger partial charge in [-0.2, -0.15) is 0 Å². The Labute approximate surface area is 128 Å². The molecule has 0 aliphatic rings. The molecule has 0 aromatic heterocycles. The van der Waals surface area contributed by atoms with Crippen LogP contribution in [-0.2, 0) is 15.4 Å². The Bertz CT molecular complexity index is 575. The van der Waals surface area contributed by atoms with Crippen molar-refractivity contribution in [3.8, 4) is 5.75 Å². The van der Waals surface area contributed by atoms with E-state index in [0.29, 0.717) is 18.8 Å². The lowest BCUT2D eigenvalue weighted by Crippen LogP contribution is -2.31. The van der Waals surface area contributed by atoms with Gasteiger partial charge in [0.2, 0.25) is 10.0 Å². The zero-order chi connectivity index (χ0) is 16.3. The second kappa shape index (κ2) is 6.77. The minimum atomic E-state index is -3.58. The van der Waals surface area contributed by atoms with E-state index < -0.39 is 10.0 Å². The number of nitrogens with one attached hydrogen (secondary N) is 1. The van der Waals surface area contributed by atoms with Gasteiger partial charge in [0.15, 0.2) is 0 Å². The summed E-state index contributed by atoms with van der Waals surface area (Å²) in [6.07, 6.45) is 0. The van der Waals surface area contributed by atoms with Crippen LogP contribution in [0.2, 0.25) is 0 Å². The molecule has 0 aliphatic carbocycles. The molecule has 0 spiro atoms. The molecule has 1 rings (SSSR count). The average molecular weight is 314 g/mol. The molecule has 1 N–H and O–H groups in total. The third-order valence-electron chi connectivity index (χ3n) is 3.17. The molecule has 5 nitrogen and oxygen atoms in total. The summed E-state index contributed by atoms with van der Waals surface area (Å²) in [5, 5.41) is 0. The van der Waals surface area contributed by atoms with Crippen molar-refractivity contribution in [1.82, 2.24) is 9.62 Å². The minimum absolute atomic E-state index is 0.125. The molecule has 0 unspecified atom stereocenters. The average Bonchev–Trinajstić information content (AvgIpc) is 2.36. The number of sulfonamides is 1. The Morgan fingerprint density at radius 3 is 2.33 bits per heavy atom. The van der Waals surface area contributed by atoms with Gasteiger partial charge >= 0.3 is 0 Å². The zero-order valence-electron chi connectivity index (χ0n) is 13.7. The number of methoxy groups -OCH3 is 1. The van der Waals surface area contributed by atoms with E-state index >= 15 is 0 Å². The van der Waals surface area contributed by atoms with Crippen molar-refractivity contribution in [2.45, 2.75) is 31.1 Å². The molecule has 120 valence electrons. The van der Waals surface area contributed by atoms with Gasteiger partial charge in [0, 0.05) is 13.1 Å². The van der Waals surface area contributed by atoms with Gasteiger partial charge in [0.25, 0.3) is 0 Å². The topological polar surface area (TPSA) is 58.6 Å². The molecular formula is C15H26N2O3S. The fourth-order valence-electron chi connectivity index (χ4n) is 1.83. The number of hydrogen-bond donors (Lipinski definition) is 1. The Morgan fingerprint density at radius 1 is 1.24 bits per heavy atom. The van der Waals surface area contributed by atoms with Gasteiger partial charge in [-0.05, 0) is 37.2 Å². The van der Waals surface area contributed by atoms with Crippen LogP contribution in [0.15, 0.2) is 23.1 Å². The summed E-state index contributed by atoms with van der Waals surface area (Å²) < 4.78 is 32.7. The van der Waals surface area contributed by atoms with Crippen LogP contribution in [0.25, 0.3) is 0 Å². The summed E-state index contributed by atoms with van der Waals surface area (Å²) in [6.45, 7) is 7.14. The molecule has 0 saturated heterocycles. The van der Waals surface area contributed by atoms with E-state index in [2.05, 4.69) is 4.72 Å². The summed E-state index contributed by atoms with van der Waals surface area (Å²) in [6, 6.07) is 5.30. The van der Waals surface area contributed by atoms with Crippen LogP contribution in [0.4, 0.5) is 0 Å². The van der Waals surface area contributed by atoms with Crippen molar-refractivity contribution in [2.24, 2.45) is 0 Å². The molecule has 0 atom stereocenters. The van der Waals surface area contributed by atoms with E-state index in [4.69, 9.17) is 4.74 Å². The van der Waals surface area contributed by atoms with Crippen molar-refractivity contribution in [3.05, 3.63) is 23.8 Å². The highest BCUT2D eigenvalue weighted by Gasteiger charge is 2.23. The number of benzene rings is 1. The smallest absolute Gasteiger partial charge is 0.244 e. The van der Waals surface area contributed by atoms with E-state index in [1.54, 1.807) is 12.1 Å². The molecule has 1 aromatic rings. The van der Waals surface area contributed by atoms with Crippen LogP contribution < -0.4 is 9.46 Å². The fourth-order valence-corrected chi connectivity index (χ4v) is 3.05. The number of rotatable bonds is 6. The second-order valence-corrected chi connectivity index (χ2v) is 8.05. The molecule has 0 aliphatic heterocycles. The quantitative estimate of drug-likeness (QED) is 0.870. The maximum atomic E-state index is 12.5. The monoisotopic (exact) mass is 314 g/mol. The van der Waals surface area contributed by atoms with Crippen LogP contribution in [0.1, 0.15) is 26.3 Å². The first-order valence-corrected chi connectivity index (χ1v) is 8.39. The molecule has 0 saturated carbocycles. The molecule has 0 radical (unpaired) electrons. The highest BCUT2D eigenvalue weighted by molar-refractivity contribution is 7.89. The molecule has 0 fully saturated rings. The largest absolute Gasteiger partial charge is 0.495 e. The Kier molecular flexibility index (Phi) is 5.78. The first kappa shape index (κ1) is 17.9. The molecule has 6 heteroatoms. The molecule has 1 aromatic carbocycles. The van der Waals surface area contributed by atoms with Crippen LogP contribution in [0.5, 0.6) is 5.75 Å². The Morgan fingerprint density at radius 2 is 1.86 bits per heavy atom. The molecule has 0 amide bonds. The zero-order valence-corrected chi connectivity index (χ0v) is 14.5. The van der Waals surface area contributed by atoms with Crippen molar-refractivity contribution < 1.29 is 13.2 Å². The van der Waals surface area contributed by atoms with Gasteiger partial charge < -0.3 is 9.64 Å². The number of hydrogen-bond acceptors (Lipinski definition) is 4. The van der Waals surface area contributed by atoms with Crippen molar-refractivity contribution in [2.75, 3.05) is 34.3 Å². The summed E-state index contributed by atoms with van der Waals surface area (Å²) in [5.74, 6) is 0.361. The lowest BCUT2D eigenvalue weighted by Gasteiger charge is -2.21. The third-order valence-corrected chi connectivity index (χ3v) is 4.65. The van der Waals surface area contributed by atoms with Gasteiger partial charge in [0.05, 0.1) is 7.11 Å². The molecular weight excluding hydrogens is 288 g/mol. The predicted octanol–water partition coefficient (Wildman–Crippen LogP) is 1.83. The highest BCUT2D eigenvalue weighted by Crippen LogP contribution is 2.30. The Hall–Kier alpha value is -1.11. The van der Waals surface area contributed by atoms with E-state index in [1.807, 2.05) is 45.8 Å². The second-order valence-electron chi connectivity index (χ2n) is 6.32. The summed E-state index contributed by atoms with van der Waals surface area (Å²) in [5.41, 5.74) is 0.830. The standard InChI is InChI=1S/C15H26N2O3S/c1-15(2,3)12-7-8-13(20-6)14(11-12)21(18,19)16-9-10-17(4)5/h7-8,11,16H,9-10H2,1-6H3. The van der Waals surface area contributed by atoms with Gasteiger partial charge in [-0.25, -0.2) is 13.1 Å². The van der Waals surface area contributed by atoms with Crippen LogP contribution in [-0.4, -0.2) is 47.6 Å². The molecule has 0 heterocycles.